The third kappa shape index (κ3) is 5.58. The van der Waals surface area contributed by atoms with Crippen LogP contribution in [0.1, 0.15) is 0 Å². The van der Waals surface area contributed by atoms with Crippen molar-refractivity contribution in [3.05, 3.63) is 29.0 Å². The number of hydrogen-bond donors (Lipinski definition) is 4. The minimum atomic E-state index is -0.634. The predicted molar refractivity (Wildman–Crippen MR) is 76.0 cm³/mol. The fourth-order valence-corrected chi connectivity index (χ4v) is 1.73. The van der Waals surface area contributed by atoms with Gasteiger partial charge in [0.25, 0.3) is 0 Å². The van der Waals surface area contributed by atoms with Crippen molar-refractivity contribution in [2.45, 2.75) is 0 Å². The smallest absolute Gasteiger partial charge is 0.234 e. The number of anilines is 1. The van der Waals surface area contributed by atoms with E-state index in [1.807, 2.05) is 0 Å². The van der Waals surface area contributed by atoms with E-state index in [1.165, 1.54) is 12.1 Å². The topological polar surface area (TPSA) is 117 Å². The van der Waals surface area contributed by atoms with Crippen LogP contribution in [0.3, 0.4) is 0 Å². The van der Waals surface area contributed by atoms with E-state index in [2.05, 4.69) is 10.3 Å². The number of nitrogens with two attached hydrogens (primary N) is 2. The molecule has 0 saturated carbocycles. The average Bonchev–Trinajstić information content (AvgIpc) is 2.29. The van der Waals surface area contributed by atoms with Crippen LogP contribution >= 0.6 is 23.4 Å². The molecule has 0 aliphatic carbocycles. The Bertz CT molecular complexity index is 533. The minimum Gasteiger partial charge on any atom is -0.370 e. The van der Waals surface area contributed by atoms with Gasteiger partial charge < -0.3 is 16.8 Å². The molecule has 9 heteroatoms. The normalized spacial score (nSPS) is 9.79. The Hall–Kier alpha value is -1.80. The van der Waals surface area contributed by atoms with Crippen LogP contribution in [0.4, 0.5) is 10.1 Å². The van der Waals surface area contributed by atoms with E-state index in [0.29, 0.717) is 0 Å². The van der Waals surface area contributed by atoms with Gasteiger partial charge >= 0.3 is 0 Å². The molecule has 0 aromatic heterocycles. The minimum absolute atomic E-state index is 0.0170. The standard InChI is InChI=1S/C10H11ClFN5OS/c11-5-1-2-7(6(12)3-5)16-8(18)4-19-10(15)17-9(13)14/h1-3H,4H2,(H,16,18)(H5,13,14,15,17). The second kappa shape index (κ2) is 6.95. The molecule has 0 heterocycles. The Morgan fingerprint density at radius 3 is 2.79 bits per heavy atom. The van der Waals surface area contributed by atoms with Gasteiger partial charge in [0.1, 0.15) is 5.82 Å². The molecule has 0 saturated heterocycles. The number of halogens is 2. The fourth-order valence-electron chi connectivity index (χ4n) is 1.06. The Morgan fingerprint density at radius 1 is 1.53 bits per heavy atom. The maximum atomic E-state index is 13.4. The summed E-state index contributed by atoms with van der Waals surface area (Å²) in [5.41, 5.74) is 10.2. The van der Waals surface area contributed by atoms with Crippen LogP contribution < -0.4 is 16.8 Å². The number of carbonyl (C=O) groups is 1. The third-order valence-corrected chi connectivity index (χ3v) is 2.78. The summed E-state index contributed by atoms with van der Waals surface area (Å²) in [7, 11) is 0. The quantitative estimate of drug-likeness (QED) is 0.498. The van der Waals surface area contributed by atoms with Crippen molar-refractivity contribution >= 4 is 46.1 Å². The van der Waals surface area contributed by atoms with Crippen molar-refractivity contribution in [3.8, 4) is 0 Å². The van der Waals surface area contributed by atoms with Crippen LogP contribution in [0.25, 0.3) is 0 Å². The molecule has 0 fully saturated rings. The van der Waals surface area contributed by atoms with Gasteiger partial charge in [0.15, 0.2) is 11.1 Å². The summed E-state index contributed by atoms with van der Waals surface area (Å²) >= 11 is 6.40. The molecule has 0 aliphatic rings. The fraction of sp³-hybridized carbons (Fsp3) is 0.100. The highest BCUT2D eigenvalue weighted by atomic mass is 35.5. The molecule has 1 rings (SSSR count). The highest BCUT2D eigenvalue weighted by Gasteiger charge is 2.08. The molecular formula is C10H11ClFN5OS. The molecular weight excluding hydrogens is 293 g/mol. The van der Waals surface area contributed by atoms with E-state index in [-0.39, 0.29) is 27.6 Å². The third-order valence-electron chi connectivity index (χ3n) is 1.78. The maximum Gasteiger partial charge on any atom is 0.234 e. The van der Waals surface area contributed by atoms with Gasteiger partial charge in [-0.05, 0) is 18.2 Å². The summed E-state index contributed by atoms with van der Waals surface area (Å²) in [6.07, 6.45) is 0. The number of nitrogens with zero attached hydrogens (tertiary/aromatic N) is 1. The molecule has 1 amide bonds. The van der Waals surface area contributed by atoms with E-state index in [9.17, 15) is 9.18 Å². The van der Waals surface area contributed by atoms with Crippen molar-refractivity contribution in [1.29, 1.82) is 5.41 Å². The molecule has 1 aromatic carbocycles. The van der Waals surface area contributed by atoms with Crippen molar-refractivity contribution in [3.63, 3.8) is 0 Å². The van der Waals surface area contributed by atoms with Crippen molar-refractivity contribution in [1.82, 2.24) is 0 Å². The molecule has 19 heavy (non-hydrogen) atoms. The SMILES string of the molecule is N=C(N=C(N)N)SCC(=O)Nc1ccc(Cl)cc1F. The molecule has 0 atom stereocenters. The molecule has 1 aromatic rings. The molecule has 6 nitrogen and oxygen atoms in total. The van der Waals surface area contributed by atoms with Gasteiger partial charge in [0.2, 0.25) is 5.91 Å². The van der Waals surface area contributed by atoms with Gasteiger partial charge in [-0.2, -0.15) is 4.99 Å². The van der Waals surface area contributed by atoms with Crippen LogP contribution in [0, 0.1) is 11.2 Å². The van der Waals surface area contributed by atoms with Gasteiger partial charge in [-0.3, -0.25) is 10.2 Å². The Morgan fingerprint density at radius 2 is 2.21 bits per heavy atom. The number of nitrogens with one attached hydrogen (secondary N) is 2. The second-order valence-corrected chi connectivity index (χ2v) is 4.70. The molecule has 0 bridgehead atoms. The van der Waals surface area contributed by atoms with Gasteiger partial charge in [-0.25, -0.2) is 4.39 Å². The van der Waals surface area contributed by atoms with Gasteiger partial charge in [-0.1, -0.05) is 23.4 Å². The first-order chi connectivity index (χ1) is 8.88. The van der Waals surface area contributed by atoms with Crippen LogP contribution in [-0.2, 0) is 4.79 Å². The first-order valence-corrected chi connectivity index (χ1v) is 6.30. The molecule has 0 radical (unpaired) electrons. The second-order valence-electron chi connectivity index (χ2n) is 3.30. The lowest BCUT2D eigenvalue weighted by atomic mass is 10.3. The number of amidine groups is 1. The first kappa shape index (κ1) is 15.3. The van der Waals surface area contributed by atoms with Gasteiger partial charge in [0, 0.05) is 5.02 Å². The number of guanidine groups is 1. The monoisotopic (exact) mass is 303 g/mol. The van der Waals surface area contributed by atoms with Gasteiger partial charge in [0.05, 0.1) is 11.4 Å². The van der Waals surface area contributed by atoms with Crippen LogP contribution in [0.2, 0.25) is 5.02 Å². The lowest BCUT2D eigenvalue weighted by Crippen LogP contribution is -2.24. The summed E-state index contributed by atoms with van der Waals surface area (Å²) in [6.45, 7) is 0. The summed E-state index contributed by atoms with van der Waals surface area (Å²) in [5, 5.41) is 9.68. The first-order valence-electron chi connectivity index (χ1n) is 4.94. The lowest BCUT2D eigenvalue weighted by Gasteiger charge is -2.06. The summed E-state index contributed by atoms with van der Waals surface area (Å²) < 4.78 is 13.4. The number of hydrogen-bond acceptors (Lipinski definition) is 3. The molecule has 0 aliphatic heterocycles. The molecule has 0 spiro atoms. The zero-order chi connectivity index (χ0) is 14.4. The molecule has 102 valence electrons. The number of rotatable bonds is 3. The van der Waals surface area contributed by atoms with Crippen molar-refractivity contribution in [2.75, 3.05) is 11.1 Å². The Balaban J connectivity index is 2.52. The number of benzene rings is 1. The van der Waals surface area contributed by atoms with Crippen LogP contribution in [0.15, 0.2) is 23.2 Å². The van der Waals surface area contributed by atoms with Crippen LogP contribution in [0.5, 0.6) is 0 Å². The predicted octanol–water partition coefficient (Wildman–Crippen LogP) is 1.36. The van der Waals surface area contributed by atoms with E-state index in [4.69, 9.17) is 28.5 Å². The van der Waals surface area contributed by atoms with E-state index in [0.717, 1.165) is 17.8 Å². The molecule has 0 unspecified atom stereocenters. The van der Waals surface area contributed by atoms with Crippen molar-refractivity contribution in [2.24, 2.45) is 16.5 Å². The zero-order valence-corrected chi connectivity index (χ0v) is 11.2. The molecule has 6 N–H and O–H groups in total. The van der Waals surface area contributed by atoms with E-state index < -0.39 is 11.7 Å². The highest BCUT2D eigenvalue weighted by Crippen LogP contribution is 2.19. The van der Waals surface area contributed by atoms with E-state index >= 15 is 0 Å². The largest absolute Gasteiger partial charge is 0.370 e. The number of carbonyl (C=O) groups excluding carboxylic acids is 1. The number of aliphatic imine (C=N–C) groups is 1. The Labute approximate surface area is 117 Å². The summed E-state index contributed by atoms with van der Waals surface area (Å²) in [6, 6.07) is 3.89. The summed E-state index contributed by atoms with van der Waals surface area (Å²) in [4.78, 5) is 14.9. The van der Waals surface area contributed by atoms with Crippen LogP contribution in [-0.4, -0.2) is 22.8 Å². The number of amides is 1. The highest BCUT2D eigenvalue weighted by molar-refractivity contribution is 8.14. The zero-order valence-electron chi connectivity index (χ0n) is 9.61. The van der Waals surface area contributed by atoms with Gasteiger partial charge in [-0.15, -0.1) is 0 Å². The summed E-state index contributed by atoms with van der Waals surface area (Å²) in [5.74, 6) is -1.49. The number of thioether (sulfide) groups is 1. The average molecular weight is 304 g/mol. The lowest BCUT2D eigenvalue weighted by molar-refractivity contribution is -0.113. The van der Waals surface area contributed by atoms with Crippen molar-refractivity contribution < 1.29 is 9.18 Å². The van der Waals surface area contributed by atoms with E-state index in [1.54, 1.807) is 0 Å². The Kier molecular flexibility index (Phi) is 5.58. The maximum absolute atomic E-state index is 13.4.